The Morgan fingerprint density at radius 2 is 1.73 bits per heavy atom. The molecule has 0 unspecified atom stereocenters. The summed E-state index contributed by atoms with van der Waals surface area (Å²) in [7, 11) is 6.19. The van der Waals surface area contributed by atoms with Gasteiger partial charge in [0.1, 0.15) is 12.1 Å². The Balaban J connectivity index is 2.42. The van der Waals surface area contributed by atoms with Crippen molar-refractivity contribution in [1.82, 2.24) is 0 Å². The largest absolute Gasteiger partial charge is 0.872 e. The van der Waals surface area contributed by atoms with E-state index in [9.17, 15) is 23.1 Å². The highest BCUT2D eigenvalue weighted by Crippen LogP contribution is 2.40. The van der Waals surface area contributed by atoms with Gasteiger partial charge in [0.25, 0.3) is 0 Å². The van der Waals surface area contributed by atoms with E-state index in [4.69, 9.17) is 13.9 Å². The summed E-state index contributed by atoms with van der Waals surface area (Å²) >= 11 is 0. The Bertz CT molecular complexity index is 1150. The molecule has 1 aromatic heterocycles. The first-order chi connectivity index (χ1) is 14.1. The number of methoxy groups -OCH3 is 2. The summed E-state index contributed by atoms with van der Waals surface area (Å²) in [5, 5.41) is 12.2. The van der Waals surface area contributed by atoms with Crippen molar-refractivity contribution in [3.63, 3.8) is 0 Å². The third-order valence-corrected chi connectivity index (χ3v) is 4.58. The molecule has 9 heteroatoms. The summed E-state index contributed by atoms with van der Waals surface area (Å²) < 4.78 is 57.2. The number of alkyl halides is 3. The topological polar surface area (TPSA) is 76.2 Å². The SMILES string of the molecule is COc1ccc(-c2c(C(F)(F)F)oc3c(C[NH+](C)C)c([O-])ccc3c2=O)cc1OC. The van der Waals surface area contributed by atoms with Crippen LogP contribution in [-0.2, 0) is 12.7 Å². The molecule has 3 rings (SSSR count). The monoisotopic (exact) mass is 423 g/mol. The Morgan fingerprint density at radius 1 is 1.07 bits per heavy atom. The average Bonchev–Trinajstić information content (AvgIpc) is 2.68. The van der Waals surface area contributed by atoms with Gasteiger partial charge in [-0.05, 0) is 23.8 Å². The van der Waals surface area contributed by atoms with Crippen LogP contribution in [0.2, 0.25) is 0 Å². The minimum atomic E-state index is -4.96. The van der Waals surface area contributed by atoms with Crippen molar-refractivity contribution in [2.75, 3.05) is 28.3 Å². The van der Waals surface area contributed by atoms with Crippen LogP contribution < -0.4 is 24.9 Å². The van der Waals surface area contributed by atoms with Gasteiger partial charge in [0.15, 0.2) is 11.5 Å². The number of benzene rings is 2. The van der Waals surface area contributed by atoms with Crippen LogP contribution in [0.25, 0.3) is 22.1 Å². The zero-order valence-electron chi connectivity index (χ0n) is 16.8. The first-order valence-electron chi connectivity index (χ1n) is 8.96. The lowest BCUT2D eigenvalue weighted by molar-refractivity contribution is -0.872. The fourth-order valence-corrected chi connectivity index (χ4v) is 3.27. The summed E-state index contributed by atoms with van der Waals surface area (Å²) in [4.78, 5) is 14.0. The van der Waals surface area contributed by atoms with E-state index in [-0.39, 0.29) is 34.4 Å². The van der Waals surface area contributed by atoms with Gasteiger partial charge in [0, 0.05) is 5.56 Å². The van der Waals surface area contributed by atoms with Gasteiger partial charge >= 0.3 is 6.18 Å². The third-order valence-electron chi connectivity index (χ3n) is 4.58. The summed E-state index contributed by atoms with van der Waals surface area (Å²) in [5.74, 6) is -1.49. The maximum absolute atomic E-state index is 13.9. The first-order valence-corrected chi connectivity index (χ1v) is 8.96. The lowest BCUT2D eigenvalue weighted by Gasteiger charge is -2.19. The number of nitrogens with one attached hydrogen (secondary N) is 1. The number of hydrogen-bond acceptors (Lipinski definition) is 5. The van der Waals surface area contributed by atoms with Gasteiger partial charge in [0.2, 0.25) is 11.2 Å². The number of quaternary nitrogens is 1. The predicted molar refractivity (Wildman–Crippen MR) is 102 cm³/mol. The Kier molecular flexibility index (Phi) is 5.67. The maximum atomic E-state index is 13.9. The minimum Gasteiger partial charge on any atom is -0.872 e. The van der Waals surface area contributed by atoms with Crippen LogP contribution in [-0.4, -0.2) is 28.3 Å². The molecule has 0 fully saturated rings. The van der Waals surface area contributed by atoms with E-state index in [1.807, 2.05) is 0 Å². The molecule has 0 radical (unpaired) electrons. The van der Waals surface area contributed by atoms with Crippen molar-refractivity contribution < 1.29 is 37.1 Å². The molecule has 2 aromatic carbocycles. The molecule has 0 saturated heterocycles. The third kappa shape index (κ3) is 3.80. The molecular weight excluding hydrogens is 403 g/mol. The molecule has 1 heterocycles. The van der Waals surface area contributed by atoms with Crippen molar-refractivity contribution in [2.45, 2.75) is 12.7 Å². The van der Waals surface area contributed by atoms with Crippen LogP contribution in [0.15, 0.2) is 39.5 Å². The van der Waals surface area contributed by atoms with E-state index < -0.39 is 28.7 Å². The summed E-state index contributed by atoms with van der Waals surface area (Å²) in [5.41, 5.74) is -1.90. The normalized spacial score (nSPS) is 11.9. The van der Waals surface area contributed by atoms with E-state index in [1.54, 1.807) is 14.1 Å². The lowest BCUT2D eigenvalue weighted by atomic mass is 9.99. The molecule has 0 aliphatic heterocycles. The summed E-state index contributed by atoms with van der Waals surface area (Å²) in [6.07, 6.45) is -4.96. The molecule has 0 amide bonds. The second kappa shape index (κ2) is 7.91. The molecule has 160 valence electrons. The van der Waals surface area contributed by atoms with Gasteiger partial charge in [-0.1, -0.05) is 17.9 Å². The number of fused-ring (bicyclic) bond motifs is 1. The van der Waals surface area contributed by atoms with Crippen molar-refractivity contribution in [3.05, 3.63) is 51.9 Å². The molecule has 0 aliphatic carbocycles. The lowest BCUT2D eigenvalue weighted by Crippen LogP contribution is -3.04. The predicted octanol–water partition coefficient (Wildman–Crippen LogP) is 2.21. The highest BCUT2D eigenvalue weighted by molar-refractivity contribution is 5.87. The summed E-state index contributed by atoms with van der Waals surface area (Å²) in [6.45, 7) is 0.103. The van der Waals surface area contributed by atoms with E-state index in [0.29, 0.717) is 5.75 Å². The van der Waals surface area contributed by atoms with Crippen LogP contribution >= 0.6 is 0 Å². The molecule has 0 atom stereocenters. The van der Waals surface area contributed by atoms with Crippen molar-refractivity contribution >= 4 is 11.0 Å². The molecule has 0 bridgehead atoms. The van der Waals surface area contributed by atoms with E-state index in [2.05, 4.69) is 0 Å². The number of hydrogen-bond donors (Lipinski definition) is 1. The summed E-state index contributed by atoms with van der Waals surface area (Å²) in [6, 6.07) is 6.37. The van der Waals surface area contributed by atoms with Gasteiger partial charge in [-0.3, -0.25) is 4.79 Å². The van der Waals surface area contributed by atoms with Crippen molar-refractivity contribution in [1.29, 1.82) is 0 Å². The quantitative estimate of drug-likeness (QED) is 0.681. The van der Waals surface area contributed by atoms with Crippen molar-refractivity contribution in [3.8, 4) is 28.4 Å². The zero-order chi connectivity index (χ0) is 22.2. The van der Waals surface area contributed by atoms with E-state index in [0.717, 1.165) is 4.90 Å². The molecule has 3 aromatic rings. The molecular formula is C21H20F3NO5. The fraction of sp³-hybridized carbons (Fsp3) is 0.286. The second-order valence-electron chi connectivity index (χ2n) is 7.01. The zero-order valence-corrected chi connectivity index (χ0v) is 16.8. The van der Waals surface area contributed by atoms with Crippen LogP contribution in [0.4, 0.5) is 13.2 Å². The van der Waals surface area contributed by atoms with Gasteiger partial charge in [-0.2, -0.15) is 13.2 Å². The Hall–Kier alpha value is -3.20. The smallest absolute Gasteiger partial charge is 0.450 e. The van der Waals surface area contributed by atoms with Crippen molar-refractivity contribution in [2.24, 2.45) is 0 Å². The molecule has 0 saturated carbocycles. The number of rotatable bonds is 5. The Labute approximate surface area is 170 Å². The van der Waals surface area contributed by atoms with Gasteiger partial charge in [-0.15, -0.1) is 0 Å². The fourth-order valence-electron chi connectivity index (χ4n) is 3.27. The van der Waals surface area contributed by atoms with Gasteiger partial charge in [-0.25, -0.2) is 0 Å². The minimum absolute atomic E-state index is 0.0222. The van der Waals surface area contributed by atoms with Gasteiger partial charge in [0.05, 0.1) is 39.3 Å². The number of ether oxygens (including phenoxy) is 2. The standard InChI is InChI=1S/C21H20F3NO5/c1-25(2)10-13-14(26)7-6-12-18(27)17(20(21(22,23)24)30-19(12)13)11-5-8-15(28-3)16(9-11)29-4/h5-9,26H,10H2,1-4H3. The molecule has 30 heavy (non-hydrogen) atoms. The van der Waals surface area contributed by atoms with E-state index >= 15 is 0 Å². The molecule has 1 N–H and O–H groups in total. The van der Waals surface area contributed by atoms with Crippen LogP contribution in [0.3, 0.4) is 0 Å². The van der Waals surface area contributed by atoms with Crippen LogP contribution in [0, 0.1) is 0 Å². The Morgan fingerprint density at radius 3 is 2.30 bits per heavy atom. The van der Waals surface area contributed by atoms with Crippen LogP contribution in [0.1, 0.15) is 11.3 Å². The molecule has 6 nitrogen and oxygen atoms in total. The maximum Gasteiger partial charge on any atom is 0.450 e. The van der Waals surface area contributed by atoms with Gasteiger partial charge < -0.3 is 23.9 Å². The molecule has 0 aliphatic rings. The number of halogens is 3. The first kappa shape index (κ1) is 21.5. The van der Waals surface area contributed by atoms with Crippen LogP contribution in [0.5, 0.6) is 17.2 Å². The average molecular weight is 423 g/mol. The van der Waals surface area contributed by atoms with E-state index in [1.165, 1.54) is 44.6 Å². The second-order valence-corrected chi connectivity index (χ2v) is 7.01. The highest BCUT2D eigenvalue weighted by Gasteiger charge is 2.40. The molecule has 0 spiro atoms. The highest BCUT2D eigenvalue weighted by atomic mass is 19.4.